The summed E-state index contributed by atoms with van der Waals surface area (Å²) < 4.78 is 81.6. The maximum atomic E-state index is 13.8. The molecule has 2 N–H and O–H groups in total. The highest BCUT2D eigenvalue weighted by molar-refractivity contribution is 14.1. The Morgan fingerprint density at radius 3 is 1.95 bits per heavy atom. The molecule has 0 radical (unpaired) electrons. The normalized spacial score (nSPS) is 13.4. The van der Waals surface area contributed by atoms with E-state index in [1.54, 1.807) is 48.7 Å². The van der Waals surface area contributed by atoms with Crippen molar-refractivity contribution in [3.8, 4) is 0 Å². The number of halogens is 7. The van der Waals surface area contributed by atoms with Crippen LogP contribution in [0.4, 0.5) is 36.8 Å². The molecule has 0 saturated carbocycles. The van der Waals surface area contributed by atoms with E-state index in [4.69, 9.17) is 0 Å². The smallest absolute Gasteiger partial charge is 0.322 e. The number of anilines is 1. The zero-order valence-corrected chi connectivity index (χ0v) is 22.8. The van der Waals surface area contributed by atoms with Crippen molar-refractivity contribution >= 4 is 34.3 Å². The molecule has 1 unspecified atom stereocenters. The van der Waals surface area contributed by atoms with Crippen LogP contribution in [0.5, 0.6) is 0 Å². The first-order valence-electron chi connectivity index (χ1n) is 11.9. The molecule has 40 heavy (non-hydrogen) atoms. The molecule has 4 rings (SSSR count). The van der Waals surface area contributed by atoms with Crippen LogP contribution < -0.4 is 10.6 Å². The van der Waals surface area contributed by atoms with Crippen LogP contribution in [-0.4, -0.2) is 11.0 Å². The number of benzene rings is 3. The van der Waals surface area contributed by atoms with Gasteiger partial charge in [-0.3, -0.25) is 4.98 Å². The van der Waals surface area contributed by atoms with Crippen molar-refractivity contribution in [1.82, 2.24) is 10.3 Å². The monoisotopic (exact) mass is 669 g/mol. The van der Waals surface area contributed by atoms with Crippen molar-refractivity contribution in [3.63, 3.8) is 0 Å². The van der Waals surface area contributed by atoms with Gasteiger partial charge >= 0.3 is 18.4 Å². The fourth-order valence-electron chi connectivity index (χ4n) is 4.27. The Kier molecular flexibility index (Phi) is 8.71. The summed E-state index contributed by atoms with van der Waals surface area (Å²) in [5.74, 6) is 0. The number of alkyl halides is 7. The van der Waals surface area contributed by atoms with Gasteiger partial charge in [-0.2, -0.15) is 26.3 Å². The summed E-state index contributed by atoms with van der Waals surface area (Å²) in [5, 5.41) is 5.17. The van der Waals surface area contributed by atoms with E-state index in [0.717, 1.165) is 35.9 Å². The number of urea groups is 1. The molecule has 2 amide bonds. The van der Waals surface area contributed by atoms with Crippen LogP contribution in [0, 0.1) is 0 Å². The fraction of sp³-hybridized carbons (Fsp3) is 0.172. The third-order valence-corrected chi connectivity index (χ3v) is 7.07. The van der Waals surface area contributed by atoms with E-state index in [1.807, 2.05) is 0 Å². The quantitative estimate of drug-likeness (QED) is 0.118. The minimum Gasteiger partial charge on any atom is -0.322 e. The van der Waals surface area contributed by atoms with Crippen LogP contribution in [0.1, 0.15) is 33.5 Å². The third kappa shape index (κ3) is 6.93. The number of rotatable bonds is 7. The van der Waals surface area contributed by atoms with Crippen LogP contribution >= 0.6 is 22.6 Å². The molecule has 1 heterocycles. The summed E-state index contributed by atoms with van der Waals surface area (Å²) in [6.45, 7) is 0. The molecule has 0 spiro atoms. The summed E-state index contributed by atoms with van der Waals surface area (Å²) in [4.78, 5) is 17.9. The summed E-state index contributed by atoms with van der Waals surface area (Å²) in [6.07, 6.45) is -7.72. The Labute approximate surface area is 240 Å². The van der Waals surface area contributed by atoms with E-state index >= 15 is 0 Å². The Bertz CT molecular complexity index is 1460. The number of amides is 2. The zero-order valence-electron chi connectivity index (χ0n) is 20.7. The molecular formula is C29H22F6IN3O. The molecule has 11 heteroatoms. The number of hydrogen-bond acceptors (Lipinski definition) is 2. The highest BCUT2D eigenvalue weighted by Crippen LogP contribution is 2.37. The number of nitrogens with one attached hydrogen (secondary N) is 2. The lowest BCUT2D eigenvalue weighted by molar-refractivity contribution is -0.138. The van der Waals surface area contributed by atoms with Crippen molar-refractivity contribution in [2.45, 2.75) is 28.7 Å². The summed E-state index contributed by atoms with van der Waals surface area (Å²) in [7, 11) is 0. The van der Waals surface area contributed by atoms with Gasteiger partial charge in [-0.15, -0.1) is 0 Å². The van der Waals surface area contributed by atoms with Crippen LogP contribution in [0.3, 0.4) is 0 Å². The molecular weight excluding hydrogens is 647 g/mol. The predicted octanol–water partition coefficient (Wildman–Crippen LogP) is 8.36. The molecule has 4 nitrogen and oxygen atoms in total. The lowest BCUT2D eigenvalue weighted by atomic mass is 9.80. The van der Waals surface area contributed by atoms with E-state index in [-0.39, 0.29) is 23.4 Å². The second-order valence-corrected chi connectivity index (χ2v) is 9.75. The van der Waals surface area contributed by atoms with Gasteiger partial charge in [0.25, 0.3) is 0 Å². The second-order valence-electron chi connectivity index (χ2n) is 8.99. The molecule has 208 valence electrons. The topological polar surface area (TPSA) is 54.0 Å². The minimum absolute atomic E-state index is 0.00173. The first-order chi connectivity index (χ1) is 18.9. The largest absolute Gasteiger partial charge is 0.416 e. The van der Waals surface area contributed by atoms with Gasteiger partial charge in [0.2, 0.25) is 0 Å². The van der Waals surface area contributed by atoms with Crippen molar-refractivity contribution in [3.05, 3.63) is 131 Å². The molecule has 0 aliphatic rings. The Morgan fingerprint density at radius 1 is 0.725 bits per heavy atom. The summed E-state index contributed by atoms with van der Waals surface area (Å²) in [6, 6.07) is 19.9. The van der Waals surface area contributed by atoms with Gasteiger partial charge in [0.05, 0.1) is 16.8 Å². The van der Waals surface area contributed by atoms with Crippen LogP contribution in [-0.2, 0) is 28.7 Å². The van der Waals surface area contributed by atoms with Crippen LogP contribution in [0.2, 0.25) is 0 Å². The van der Waals surface area contributed by atoms with Gasteiger partial charge in [-0.1, -0.05) is 77.2 Å². The predicted molar refractivity (Wildman–Crippen MR) is 148 cm³/mol. The van der Waals surface area contributed by atoms with Crippen molar-refractivity contribution in [1.29, 1.82) is 0 Å². The Morgan fingerprint density at radius 2 is 1.35 bits per heavy atom. The van der Waals surface area contributed by atoms with Crippen LogP contribution in [0.15, 0.2) is 97.2 Å². The molecule has 0 bridgehead atoms. The maximum absolute atomic E-state index is 13.8. The Hall–Kier alpha value is -3.61. The third-order valence-electron chi connectivity index (χ3n) is 6.19. The number of nitrogens with zero attached hydrogens (tertiary/aromatic N) is 1. The first-order valence-corrected chi connectivity index (χ1v) is 13.4. The van der Waals surface area contributed by atoms with Gasteiger partial charge in [0, 0.05) is 22.7 Å². The van der Waals surface area contributed by atoms with Crippen LogP contribution in [0.25, 0.3) is 0 Å². The highest BCUT2D eigenvalue weighted by atomic mass is 127. The van der Waals surface area contributed by atoms with E-state index in [1.165, 1.54) is 18.2 Å². The standard InChI is InChI=1S/C29H22F6IN3O/c30-28(31,32)22-9-4-8-21(14-22)27(16-19-6-2-1-3-7-19,25-13-12-20(17-36)18-37-25)39-26(40)38-24-11-5-10-23(15-24)29(33,34)35/h1-15,18H,16-17H2,(H2,38,39,40). The molecule has 3 aromatic carbocycles. The highest BCUT2D eigenvalue weighted by Gasteiger charge is 2.40. The van der Waals surface area contributed by atoms with Gasteiger partial charge < -0.3 is 10.6 Å². The average molecular weight is 669 g/mol. The summed E-state index contributed by atoms with van der Waals surface area (Å²) >= 11 is 2.14. The molecule has 4 aromatic rings. The van der Waals surface area contributed by atoms with E-state index in [2.05, 4.69) is 38.2 Å². The van der Waals surface area contributed by atoms with Gasteiger partial charge in [-0.25, -0.2) is 4.79 Å². The summed E-state index contributed by atoms with van der Waals surface area (Å²) in [5.41, 5.74) is -1.77. The maximum Gasteiger partial charge on any atom is 0.416 e. The van der Waals surface area contributed by atoms with Crippen molar-refractivity contribution < 1.29 is 31.1 Å². The second kappa shape index (κ2) is 11.9. The molecule has 0 saturated heterocycles. The minimum atomic E-state index is -4.66. The van der Waals surface area contributed by atoms with E-state index < -0.39 is 35.0 Å². The van der Waals surface area contributed by atoms with E-state index in [9.17, 15) is 31.1 Å². The number of hydrogen-bond donors (Lipinski definition) is 2. The molecule has 1 aromatic heterocycles. The molecule has 0 fully saturated rings. The fourth-order valence-corrected chi connectivity index (χ4v) is 4.72. The lowest BCUT2D eigenvalue weighted by Crippen LogP contribution is -2.50. The van der Waals surface area contributed by atoms with E-state index in [0.29, 0.717) is 9.99 Å². The number of pyridine rings is 1. The van der Waals surface area contributed by atoms with Gasteiger partial charge in [0.1, 0.15) is 5.54 Å². The number of aromatic nitrogens is 1. The van der Waals surface area contributed by atoms with Crippen molar-refractivity contribution in [2.24, 2.45) is 0 Å². The zero-order chi connectivity index (χ0) is 29.0. The molecule has 0 aliphatic heterocycles. The Balaban J connectivity index is 1.85. The van der Waals surface area contributed by atoms with Gasteiger partial charge in [0.15, 0.2) is 0 Å². The molecule has 0 aliphatic carbocycles. The lowest BCUT2D eigenvalue weighted by Gasteiger charge is -2.36. The number of carbonyl (C=O) groups is 1. The SMILES string of the molecule is O=C(Nc1cccc(C(F)(F)F)c1)NC(Cc1ccccc1)(c1cccc(C(F)(F)F)c1)c1ccc(CI)cn1. The average Bonchev–Trinajstić information content (AvgIpc) is 2.92. The molecule has 1 atom stereocenters. The van der Waals surface area contributed by atoms with Gasteiger partial charge in [-0.05, 0) is 53.1 Å². The van der Waals surface area contributed by atoms with Crippen molar-refractivity contribution in [2.75, 3.05) is 5.32 Å². The first kappa shape index (κ1) is 29.4. The number of carbonyl (C=O) groups excluding carboxylic acids is 1.